The summed E-state index contributed by atoms with van der Waals surface area (Å²) >= 11 is 6.01. The smallest absolute Gasteiger partial charge is 0.0342 e. The number of alkyl halides is 1. The zero-order valence-electron chi connectivity index (χ0n) is 11.0. The Kier molecular flexibility index (Phi) is 4.11. The number of hydrogen-bond donors (Lipinski definition) is 0. The molecule has 1 saturated carbocycles. The van der Waals surface area contributed by atoms with E-state index in [1.807, 2.05) is 0 Å². The van der Waals surface area contributed by atoms with Crippen LogP contribution in [0.4, 0.5) is 0 Å². The lowest BCUT2D eigenvalue weighted by Crippen LogP contribution is -2.34. The van der Waals surface area contributed by atoms with E-state index in [0.29, 0.717) is 5.38 Å². The van der Waals surface area contributed by atoms with Crippen LogP contribution in [0.2, 0.25) is 0 Å². The molecule has 1 aromatic carbocycles. The molecule has 0 heterocycles. The second-order valence-electron chi connectivity index (χ2n) is 5.56. The zero-order valence-corrected chi connectivity index (χ0v) is 11.8. The van der Waals surface area contributed by atoms with Gasteiger partial charge in [0, 0.05) is 18.5 Å². The Morgan fingerprint density at radius 3 is 2.65 bits per heavy atom. The average Bonchev–Trinajstić information content (AvgIpc) is 2.21. The molecule has 0 unspecified atom stereocenters. The minimum absolute atomic E-state index is 0.439. The molecule has 0 N–H and O–H groups in total. The molecule has 0 bridgehead atoms. The first-order chi connectivity index (χ1) is 8.04. The normalized spacial score (nSPS) is 23.8. The molecule has 0 aliphatic heterocycles. The second-order valence-corrected chi connectivity index (χ2v) is 6.18. The summed E-state index contributed by atoms with van der Waals surface area (Å²) in [6.45, 7) is 6.58. The van der Waals surface area contributed by atoms with Crippen LogP contribution in [-0.4, -0.2) is 23.9 Å². The first-order valence-electron chi connectivity index (χ1n) is 6.43. The molecule has 1 fully saturated rings. The van der Waals surface area contributed by atoms with Crippen LogP contribution in [0.15, 0.2) is 18.2 Å². The topological polar surface area (TPSA) is 3.24 Å². The van der Waals surface area contributed by atoms with Gasteiger partial charge in [-0.2, -0.15) is 0 Å². The van der Waals surface area contributed by atoms with Gasteiger partial charge in [-0.25, -0.2) is 0 Å². The van der Waals surface area contributed by atoms with E-state index in [9.17, 15) is 0 Å². The van der Waals surface area contributed by atoms with Gasteiger partial charge < -0.3 is 4.90 Å². The average molecular weight is 252 g/mol. The number of nitrogens with zero attached hydrogens (tertiary/aromatic N) is 1. The molecule has 1 aliphatic carbocycles. The third-order valence-corrected chi connectivity index (χ3v) is 4.05. The van der Waals surface area contributed by atoms with Crippen molar-refractivity contribution in [1.82, 2.24) is 4.90 Å². The third kappa shape index (κ3) is 3.46. The van der Waals surface area contributed by atoms with Crippen molar-refractivity contribution in [2.45, 2.75) is 38.6 Å². The van der Waals surface area contributed by atoms with Crippen LogP contribution in [-0.2, 0) is 6.54 Å². The molecule has 94 valence electrons. The van der Waals surface area contributed by atoms with Crippen molar-refractivity contribution in [1.29, 1.82) is 0 Å². The molecular weight excluding hydrogens is 230 g/mol. The molecular formula is C15H22ClN. The number of hydrogen-bond acceptors (Lipinski definition) is 1. The van der Waals surface area contributed by atoms with Gasteiger partial charge >= 0.3 is 0 Å². The van der Waals surface area contributed by atoms with E-state index in [0.717, 1.165) is 12.5 Å². The summed E-state index contributed by atoms with van der Waals surface area (Å²) in [5.41, 5.74) is 4.20. The van der Waals surface area contributed by atoms with Gasteiger partial charge in [0.15, 0.2) is 0 Å². The predicted octanol–water partition coefficient (Wildman–Crippen LogP) is 3.75. The molecule has 0 radical (unpaired) electrons. The van der Waals surface area contributed by atoms with Gasteiger partial charge in [-0.15, -0.1) is 11.6 Å². The second kappa shape index (κ2) is 5.41. The lowest BCUT2D eigenvalue weighted by molar-refractivity contribution is 0.204. The summed E-state index contributed by atoms with van der Waals surface area (Å²) in [4.78, 5) is 2.43. The fourth-order valence-electron chi connectivity index (χ4n) is 2.57. The lowest BCUT2D eigenvalue weighted by atomic mass is 9.84. The molecule has 2 rings (SSSR count). The molecule has 1 aromatic rings. The summed E-state index contributed by atoms with van der Waals surface area (Å²) in [7, 11) is 2.21. The summed E-state index contributed by atoms with van der Waals surface area (Å²) in [6.07, 6.45) is 2.39. The van der Waals surface area contributed by atoms with Crippen LogP contribution in [0.25, 0.3) is 0 Å². The standard InChI is InChI=1S/C15H22ClN/c1-11-4-5-12(2)14(6-11)10-17(3)9-13-7-15(16)8-13/h4-6,13,15H,7-10H2,1-3H3. The highest BCUT2D eigenvalue weighted by molar-refractivity contribution is 6.21. The van der Waals surface area contributed by atoms with E-state index < -0.39 is 0 Å². The van der Waals surface area contributed by atoms with Crippen LogP contribution < -0.4 is 0 Å². The molecule has 2 heteroatoms. The maximum atomic E-state index is 6.01. The number of rotatable bonds is 4. The van der Waals surface area contributed by atoms with Crippen molar-refractivity contribution in [2.75, 3.05) is 13.6 Å². The Balaban J connectivity index is 1.89. The van der Waals surface area contributed by atoms with Crippen LogP contribution >= 0.6 is 11.6 Å². The molecule has 17 heavy (non-hydrogen) atoms. The number of benzene rings is 1. The Hall–Kier alpha value is -0.530. The van der Waals surface area contributed by atoms with E-state index in [1.165, 1.54) is 36.1 Å². The Labute approximate surface area is 110 Å². The summed E-state index contributed by atoms with van der Waals surface area (Å²) in [5, 5.41) is 0.439. The van der Waals surface area contributed by atoms with Crippen LogP contribution in [0.3, 0.4) is 0 Å². The minimum atomic E-state index is 0.439. The predicted molar refractivity (Wildman–Crippen MR) is 74.6 cm³/mol. The quantitative estimate of drug-likeness (QED) is 0.737. The van der Waals surface area contributed by atoms with Crippen molar-refractivity contribution in [3.63, 3.8) is 0 Å². The van der Waals surface area contributed by atoms with Gasteiger partial charge in [-0.05, 0) is 50.8 Å². The van der Waals surface area contributed by atoms with E-state index in [-0.39, 0.29) is 0 Å². The summed E-state index contributed by atoms with van der Waals surface area (Å²) in [6, 6.07) is 6.70. The Bertz CT molecular complexity index is 383. The SMILES string of the molecule is Cc1ccc(C)c(CN(C)CC2CC(Cl)C2)c1. The first kappa shape index (κ1) is 12.9. The van der Waals surface area contributed by atoms with Crippen molar-refractivity contribution < 1.29 is 0 Å². The van der Waals surface area contributed by atoms with Crippen molar-refractivity contribution in [2.24, 2.45) is 5.92 Å². The molecule has 1 aliphatic rings. The maximum Gasteiger partial charge on any atom is 0.0342 e. The zero-order chi connectivity index (χ0) is 12.4. The number of aryl methyl sites for hydroxylation is 2. The van der Waals surface area contributed by atoms with Crippen molar-refractivity contribution >= 4 is 11.6 Å². The Morgan fingerprint density at radius 2 is 2.00 bits per heavy atom. The fourth-order valence-corrected chi connectivity index (χ4v) is 3.07. The molecule has 1 nitrogen and oxygen atoms in total. The summed E-state index contributed by atoms with van der Waals surface area (Å²) in [5.74, 6) is 0.813. The largest absolute Gasteiger partial charge is 0.302 e. The third-order valence-electron chi connectivity index (χ3n) is 3.69. The van der Waals surface area contributed by atoms with E-state index in [2.05, 4.69) is 44.0 Å². The van der Waals surface area contributed by atoms with Crippen LogP contribution in [0.5, 0.6) is 0 Å². The van der Waals surface area contributed by atoms with E-state index in [1.54, 1.807) is 0 Å². The molecule has 0 spiro atoms. The highest BCUT2D eigenvalue weighted by atomic mass is 35.5. The minimum Gasteiger partial charge on any atom is -0.302 e. The van der Waals surface area contributed by atoms with Gasteiger partial charge in [0.05, 0.1) is 0 Å². The van der Waals surface area contributed by atoms with Gasteiger partial charge in [0.25, 0.3) is 0 Å². The monoisotopic (exact) mass is 251 g/mol. The fraction of sp³-hybridized carbons (Fsp3) is 0.600. The van der Waals surface area contributed by atoms with Crippen molar-refractivity contribution in [3.8, 4) is 0 Å². The molecule has 0 saturated heterocycles. The highest BCUT2D eigenvalue weighted by Crippen LogP contribution is 2.32. The van der Waals surface area contributed by atoms with E-state index in [4.69, 9.17) is 11.6 Å². The van der Waals surface area contributed by atoms with Gasteiger partial charge in [-0.3, -0.25) is 0 Å². The van der Waals surface area contributed by atoms with Gasteiger partial charge in [-0.1, -0.05) is 23.8 Å². The van der Waals surface area contributed by atoms with E-state index >= 15 is 0 Å². The molecule has 0 atom stereocenters. The van der Waals surface area contributed by atoms with Gasteiger partial charge in [0.1, 0.15) is 0 Å². The number of halogens is 1. The van der Waals surface area contributed by atoms with Crippen molar-refractivity contribution in [3.05, 3.63) is 34.9 Å². The lowest BCUT2D eigenvalue weighted by Gasteiger charge is -2.34. The van der Waals surface area contributed by atoms with Crippen LogP contribution in [0, 0.1) is 19.8 Å². The van der Waals surface area contributed by atoms with Gasteiger partial charge in [0.2, 0.25) is 0 Å². The summed E-state index contributed by atoms with van der Waals surface area (Å²) < 4.78 is 0. The molecule has 0 aromatic heterocycles. The maximum absolute atomic E-state index is 6.01. The first-order valence-corrected chi connectivity index (χ1v) is 6.87. The Morgan fingerprint density at radius 1 is 1.29 bits per heavy atom. The van der Waals surface area contributed by atoms with Crippen LogP contribution in [0.1, 0.15) is 29.5 Å². The molecule has 0 amide bonds. The highest BCUT2D eigenvalue weighted by Gasteiger charge is 2.27.